The lowest BCUT2D eigenvalue weighted by Crippen LogP contribution is -2.40. The van der Waals surface area contributed by atoms with Crippen molar-refractivity contribution in [3.05, 3.63) is 46.5 Å². The van der Waals surface area contributed by atoms with Crippen molar-refractivity contribution < 1.29 is 19.1 Å². The number of carbonyl (C=O) groups is 2. The topological polar surface area (TPSA) is 55.8 Å². The second kappa shape index (κ2) is 6.20. The summed E-state index contributed by atoms with van der Waals surface area (Å²) in [5.74, 6) is -1.43. The van der Waals surface area contributed by atoms with Crippen molar-refractivity contribution in [3.8, 4) is 0 Å². The molecule has 6 heteroatoms. The Morgan fingerprint density at radius 1 is 1.31 bits per heavy atom. The number of likely N-dealkylation sites (tertiary alicyclic amines) is 1. The highest BCUT2D eigenvalue weighted by Gasteiger charge is 2.67. The van der Waals surface area contributed by atoms with Gasteiger partial charge in [0.05, 0.1) is 30.7 Å². The molecule has 5 atom stereocenters. The second-order valence-electron chi connectivity index (χ2n) is 7.58. The number of halogens is 1. The largest absolute Gasteiger partial charge is 0.463 e. The highest BCUT2D eigenvalue weighted by Crippen LogP contribution is 2.53. The van der Waals surface area contributed by atoms with Crippen LogP contribution in [0.1, 0.15) is 32.4 Å². The molecular formula is C20H22BrNO4. The normalized spacial score (nSPS) is 33.0. The minimum absolute atomic E-state index is 0.0297. The quantitative estimate of drug-likeness (QED) is 0.555. The first-order chi connectivity index (χ1) is 12.3. The fourth-order valence-electron chi connectivity index (χ4n) is 4.36. The van der Waals surface area contributed by atoms with Gasteiger partial charge in [0.25, 0.3) is 0 Å². The number of benzene rings is 1. The van der Waals surface area contributed by atoms with Gasteiger partial charge in [0.1, 0.15) is 11.5 Å². The Morgan fingerprint density at radius 3 is 2.65 bits per heavy atom. The van der Waals surface area contributed by atoms with Gasteiger partial charge in [-0.1, -0.05) is 40.2 Å². The Bertz CT molecular complexity index is 775. The van der Waals surface area contributed by atoms with Crippen LogP contribution in [0.2, 0.25) is 0 Å². The van der Waals surface area contributed by atoms with Gasteiger partial charge < -0.3 is 14.4 Å². The fourth-order valence-corrected chi connectivity index (χ4v) is 4.62. The van der Waals surface area contributed by atoms with Crippen LogP contribution >= 0.6 is 15.9 Å². The highest BCUT2D eigenvalue weighted by atomic mass is 79.9. The van der Waals surface area contributed by atoms with Crippen molar-refractivity contribution in [2.24, 2.45) is 11.8 Å². The first kappa shape index (κ1) is 17.7. The van der Waals surface area contributed by atoms with E-state index in [2.05, 4.69) is 15.9 Å². The van der Waals surface area contributed by atoms with Gasteiger partial charge in [-0.2, -0.15) is 0 Å². The molecule has 0 radical (unpaired) electrons. The maximum Gasteiger partial charge on any atom is 0.313 e. The van der Waals surface area contributed by atoms with E-state index in [1.54, 1.807) is 0 Å². The molecule has 1 aromatic rings. The van der Waals surface area contributed by atoms with E-state index in [-0.39, 0.29) is 30.1 Å². The molecule has 3 aliphatic heterocycles. The van der Waals surface area contributed by atoms with Crippen molar-refractivity contribution in [1.82, 2.24) is 4.90 Å². The standard InChI is InChI=1S/C20H22BrNO4/c1-11(2)25-19(24)16-15-8-9-20(26-15)10-22(18(23)17(16)20)12(3)13-4-6-14(21)7-5-13/h4-9,11-12,15-17H,10H2,1-3H3/t12-,15-,16-,17+,20+/m1/s1. The number of amides is 1. The van der Waals surface area contributed by atoms with Gasteiger partial charge in [0.15, 0.2) is 0 Å². The van der Waals surface area contributed by atoms with Crippen molar-refractivity contribution >= 4 is 27.8 Å². The number of hydrogen-bond donors (Lipinski definition) is 0. The molecule has 0 aliphatic carbocycles. The molecule has 2 saturated heterocycles. The molecule has 5 nitrogen and oxygen atoms in total. The first-order valence-corrected chi connectivity index (χ1v) is 9.75. The summed E-state index contributed by atoms with van der Waals surface area (Å²) in [5, 5.41) is 0. The van der Waals surface area contributed by atoms with Crippen molar-refractivity contribution in [2.45, 2.75) is 44.6 Å². The molecule has 0 N–H and O–H groups in total. The number of fused-ring (bicyclic) bond motifs is 1. The predicted molar refractivity (Wildman–Crippen MR) is 99.2 cm³/mol. The summed E-state index contributed by atoms with van der Waals surface area (Å²) in [6.45, 7) is 6.11. The summed E-state index contributed by atoms with van der Waals surface area (Å²) in [6.07, 6.45) is 3.30. The molecule has 26 heavy (non-hydrogen) atoms. The van der Waals surface area contributed by atoms with Crippen LogP contribution in [-0.2, 0) is 19.1 Å². The SMILES string of the molecule is CC(C)OC(=O)[C@H]1[C@H]2C(=O)N([C@H](C)c3ccc(Br)cc3)C[C@@]23C=C[C@H]1O3. The summed E-state index contributed by atoms with van der Waals surface area (Å²) < 4.78 is 12.5. The zero-order valence-electron chi connectivity index (χ0n) is 15.0. The van der Waals surface area contributed by atoms with Crippen molar-refractivity contribution in [1.29, 1.82) is 0 Å². The van der Waals surface area contributed by atoms with Gasteiger partial charge >= 0.3 is 5.97 Å². The van der Waals surface area contributed by atoms with Crippen LogP contribution in [0, 0.1) is 11.8 Å². The van der Waals surface area contributed by atoms with Crippen LogP contribution in [-0.4, -0.2) is 41.1 Å². The van der Waals surface area contributed by atoms with Gasteiger partial charge in [0.2, 0.25) is 5.91 Å². The molecule has 0 unspecified atom stereocenters. The maximum atomic E-state index is 13.2. The summed E-state index contributed by atoms with van der Waals surface area (Å²) in [6, 6.07) is 7.86. The van der Waals surface area contributed by atoms with Gasteiger partial charge in [-0.15, -0.1) is 0 Å². The van der Waals surface area contributed by atoms with E-state index in [0.717, 1.165) is 10.0 Å². The third kappa shape index (κ3) is 2.62. The smallest absolute Gasteiger partial charge is 0.313 e. The van der Waals surface area contributed by atoms with E-state index in [1.165, 1.54) is 0 Å². The average Bonchev–Trinajstić information content (AvgIpc) is 3.22. The molecule has 0 aromatic heterocycles. The lowest BCUT2D eigenvalue weighted by atomic mass is 9.77. The summed E-state index contributed by atoms with van der Waals surface area (Å²) in [4.78, 5) is 27.7. The Labute approximate surface area is 161 Å². The number of nitrogens with zero attached hydrogens (tertiary/aromatic N) is 1. The Morgan fingerprint density at radius 2 is 2.00 bits per heavy atom. The fraction of sp³-hybridized carbons (Fsp3) is 0.500. The summed E-state index contributed by atoms with van der Waals surface area (Å²) in [7, 11) is 0. The Kier molecular flexibility index (Phi) is 4.23. The van der Waals surface area contributed by atoms with Gasteiger partial charge in [-0.25, -0.2) is 0 Å². The summed E-state index contributed by atoms with van der Waals surface area (Å²) in [5.41, 5.74) is 0.351. The average molecular weight is 420 g/mol. The molecule has 3 heterocycles. The molecule has 2 bridgehead atoms. The number of carbonyl (C=O) groups excluding carboxylic acids is 2. The Hall–Kier alpha value is -1.66. The number of rotatable bonds is 4. The van der Waals surface area contributed by atoms with E-state index < -0.39 is 17.4 Å². The van der Waals surface area contributed by atoms with Gasteiger partial charge in [-0.3, -0.25) is 9.59 Å². The molecule has 0 saturated carbocycles. The molecular weight excluding hydrogens is 398 g/mol. The van der Waals surface area contributed by atoms with Crippen LogP contribution in [0.4, 0.5) is 0 Å². The number of hydrogen-bond acceptors (Lipinski definition) is 4. The van der Waals surface area contributed by atoms with Crippen LogP contribution in [0.25, 0.3) is 0 Å². The number of esters is 1. The third-order valence-corrected chi connectivity index (χ3v) is 6.10. The predicted octanol–water partition coefficient (Wildman–Crippen LogP) is 3.24. The molecule has 138 valence electrons. The van der Waals surface area contributed by atoms with E-state index in [9.17, 15) is 9.59 Å². The van der Waals surface area contributed by atoms with E-state index in [0.29, 0.717) is 6.54 Å². The molecule has 4 rings (SSSR count). The molecule has 2 fully saturated rings. The van der Waals surface area contributed by atoms with Gasteiger partial charge in [-0.05, 0) is 38.5 Å². The minimum atomic E-state index is -0.702. The number of ether oxygens (including phenoxy) is 2. The lowest BCUT2D eigenvalue weighted by molar-refractivity contribution is -0.157. The third-order valence-electron chi connectivity index (χ3n) is 5.57. The molecule has 3 aliphatic rings. The van der Waals surface area contributed by atoms with E-state index >= 15 is 0 Å². The first-order valence-electron chi connectivity index (χ1n) is 8.96. The van der Waals surface area contributed by atoms with Crippen molar-refractivity contribution in [3.63, 3.8) is 0 Å². The van der Waals surface area contributed by atoms with E-state index in [1.807, 2.05) is 62.1 Å². The zero-order chi connectivity index (χ0) is 18.6. The molecule has 1 amide bonds. The maximum absolute atomic E-state index is 13.2. The molecule has 1 aromatic carbocycles. The lowest BCUT2D eigenvalue weighted by Gasteiger charge is -2.27. The summed E-state index contributed by atoms with van der Waals surface area (Å²) >= 11 is 3.44. The molecule has 1 spiro atoms. The monoisotopic (exact) mass is 419 g/mol. The zero-order valence-corrected chi connectivity index (χ0v) is 16.6. The van der Waals surface area contributed by atoms with Crippen LogP contribution in [0.3, 0.4) is 0 Å². The van der Waals surface area contributed by atoms with Crippen LogP contribution < -0.4 is 0 Å². The Balaban J connectivity index is 1.61. The van der Waals surface area contributed by atoms with E-state index in [4.69, 9.17) is 9.47 Å². The van der Waals surface area contributed by atoms with Gasteiger partial charge in [0, 0.05) is 4.47 Å². The van der Waals surface area contributed by atoms with Crippen LogP contribution in [0.15, 0.2) is 40.9 Å². The van der Waals surface area contributed by atoms with Crippen molar-refractivity contribution in [2.75, 3.05) is 6.54 Å². The minimum Gasteiger partial charge on any atom is -0.463 e. The van der Waals surface area contributed by atoms with Crippen LogP contribution in [0.5, 0.6) is 0 Å². The highest BCUT2D eigenvalue weighted by molar-refractivity contribution is 9.10. The second-order valence-corrected chi connectivity index (χ2v) is 8.49.